The van der Waals surface area contributed by atoms with Crippen molar-refractivity contribution in [2.24, 2.45) is 0 Å². The van der Waals surface area contributed by atoms with Crippen molar-refractivity contribution in [1.82, 2.24) is 19.3 Å². The van der Waals surface area contributed by atoms with Gasteiger partial charge in [0.2, 0.25) is 0 Å². The van der Waals surface area contributed by atoms with Crippen LogP contribution in [0.1, 0.15) is 22.5 Å². The van der Waals surface area contributed by atoms with Crippen molar-refractivity contribution in [3.63, 3.8) is 0 Å². The predicted molar refractivity (Wildman–Crippen MR) is 178 cm³/mol. The van der Waals surface area contributed by atoms with Gasteiger partial charge in [-0.15, -0.1) is 11.8 Å². The fourth-order valence-electron chi connectivity index (χ4n) is 6.28. The van der Waals surface area contributed by atoms with E-state index in [4.69, 9.17) is 9.84 Å². The molecule has 5 nitrogen and oxygen atoms in total. The summed E-state index contributed by atoms with van der Waals surface area (Å²) in [4.78, 5) is 5.74. The van der Waals surface area contributed by atoms with Crippen molar-refractivity contribution in [3.8, 4) is 34.1 Å². The molecule has 7 heteroatoms. The summed E-state index contributed by atoms with van der Waals surface area (Å²) in [5, 5.41) is 7.07. The SMILES string of the molecule is CSc1cc(C)c(-c2c(C)nn(-c3cccc(Oc4ccc5c6ccccc6n(-c6cc(F)ccn6)c5c4)c3)c2C)c(C)c1. The molecule has 7 rings (SSSR count). The molecular formula is C37H31FN4OS. The first-order valence-electron chi connectivity index (χ1n) is 14.5. The van der Waals surface area contributed by atoms with E-state index in [-0.39, 0.29) is 5.82 Å². The lowest BCUT2D eigenvalue weighted by Gasteiger charge is -2.13. The van der Waals surface area contributed by atoms with E-state index >= 15 is 0 Å². The highest BCUT2D eigenvalue weighted by Crippen LogP contribution is 2.38. The van der Waals surface area contributed by atoms with Gasteiger partial charge in [0.25, 0.3) is 0 Å². The Morgan fingerprint density at radius 2 is 1.48 bits per heavy atom. The zero-order valence-electron chi connectivity index (χ0n) is 25.2. The number of pyridine rings is 1. The first-order valence-corrected chi connectivity index (χ1v) is 15.7. The van der Waals surface area contributed by atoms with Gasteiger partial charge in [0, 0.05) is 51.3 Å². The van der Waals surface area contributed by atoms with Gasteiger partial charge in [0.15, 0.2) is 0 Å². The van der Waals surface area contributed by atoms with Gasteiger partial charge in [0.05, 0.1) is 22.4 Å². The summed E-state index contributed by atoms with van der Waals surface area (Å²) in [6.45, 7) is 8.54. The van der Waals surface area contributed by atoms with Crippen molar-refractivity contribution >= 4 is 33.6 Å². The molecule has 44 heavy (non-hydrogen) atoms. The number of ether oxygens (including phenoxy) is 1. The van der Waals surface area contributed by atoms with Crippen LogP contribution >= 0.6 is 11.8 Å². The molecule has 0 amide bonds. The summed E-state index contributed by atoms with van der Waals surface area (Å²) in [7, 11) is 0. The van der Waals surface area contributed by atoms with Crippen molar-refractivity contribution in [1.29, 1.82) is 0 Å². The third-order valence-corrected chi connectivity index (χ3v) is 8.87. The molecule has 0 aliphatic carbocycles. The van der Waals surface area contributed by atoms with Crippen LogP contribution in [0.4, 0.5) is 4.39 Å². The lowest BCUT2D eigenvalue weighted by molar-refractivity contribution is 0.482. The molecule has 0 bridgehead atoms. The minimum atomic E-state index is -0.334. The first-order chi connectivity index (χ1) is 21.3. The number of aromatic nitrogens is 4. The quantitative estimate of drug-likeness (QED) is 0.179. The number of hydrogen-bond acceptors (Lipinski definition) is 4. The maximum atomic E-state index is 14.2. The molecule has 0 atom stereocenters. The molecule has 0 spiro atoms. The van der Waals surface area contributed by atoms with Gasteiger partial charge in [-0.1, -0.05) is 24.3 Å². The van der Waals surface area contributed by atoms with E-state index in [1.165, 1.54) is 45.5 Å². The average molecular weight is 599 g/mol. The molecule has 0 aliphatic heterocycles. The third-order valence-electron chi connectivity index (χ3n) is 8.16. The van der Waals surface area contributed by atoms with Crippen LogP contribution in [0.2, 0.25) is 0 Å². The zero-order valence-corrected chi connectivity index (χ0v) is 26.0. The van der Waals surface area contributed by atoms with Gasteiger partial charge in [0.1, 0.15) is 23.1 Å². The molecule has 0 fully saturated rings. The summed E-state index contributed by atoms with van der Waals surface area (Å²) < 4.78 is 24.6. The highest BCUT2D eigenvalue weighted by atomic mass is 32.2. The smallest absolute Gasteiger partial charge is 0.140 e. The Hall–Kier alpha value is -4.88. The maximum absolute atomic E-state index is 14.2. The molecule has 0 saturated heterocycles. The van der Waals surface area contributed by atoms with E-state index in [0.717, 1.165) is 38.9 Å². The number of hydrogen-bond donors (Lipinski definition) is 0. The average Bonchev–Trinajstić information content (AvgIpc) is 3.50. The van der Waals surface area contributed by atoms with Crippen LogP contribution in [0.15, 0.2) is 102 Å². The molecule has 0 radical (unpaired) electrons. The number of para-hydroxylation sites is 1. The van der Waals surface area contributed by atoms with E-state index in [1.54, 1.807) is 11.8 Å². The van der Waals surface area contributed by atoms with Crippen LogP contribution in [-0.4, -0.2) is 25.6 Å². The summed E-state index contributed by atoms with van der Waals surface area (Å²) in [5.41, 5.74) is 9.74. The monoisotopic (exact) mass is 598 g/mol. The second kappa shape index (κ2) is 11.0. The molecule has 0 N–H and O–H groups in total. The first kappa shape index (κ1) is 27.9. The summed E-state index contributed by atoms with van der Waals surface area (Å²) in [5.74, 6) is 1.55. The molecule has 0 unspecified atom stereocenters. The Bertz CT molecular complexity index is 2190. The van der Waals surface area contributed by atoms with Gasteiger partial charge in [-0.05, 0) is 99.2 Å². The van der Waals surface area contributed by atoms with Crippen molar-refractivity contribution in [3.05, 3.63) is 126 Å². The van der Waals surface area contributed by atoms with Crippen molar-refractivity contribution < 1.29 is 9.13 Å². The van der Waals surface area contributed by atoms with E-state index in [0.29, 0.717) is 17.3 Å². The fourth-order valence-corrected chi connectivity index (χ4v) is 6.87. The number of nitrogens with zero attached hydrogens (tertiary/aromatic N) is 4. The molecule has 0 saturated carbocycles. The normalized spacial score (nSPS) is 11.5. The van der Waals surface area contributed by atoms with Crippen LogP contribution < -0.4 is 4.74 Å². The van der Waals surface area contributed by atoms with E-state index in [9.17, 15) is 4.39 Å². The summed E-state index contributed by atoms with van der Waals surface area (Å²) in [6.07, 6.45) is 3.60. The topological polar surface area (TPSA) is 44.9 Å². The number of halogens is 1. The summed E-state index contributed by atoms with van der Waals surface area (Å²) in [6, 6.07) is 29.4. The molecule has 7 aromatic rings. The van der Waals surface area contributed by atoms with Crippen LogP contribution in [0.25, 0.3) is 44.4 Å². The highest BCUT2D eigenvalue weighted by Gasteiger charge is 2.19. The lowest BCUT2D eigenvalue weighted by Crippen LogP contribution is -2.00. The Labute approximate surface area is 259 Å². The van der Waals surface area contributed by atoms with Gasteiger partial charge in [-0.25, -0.2) is 14.1 Å². The Balaban J connectivity index is 1.28. The standard InChI is InChI=1S/C37H31FN4OS/c1-22-17-30(44-5)18-23(2)36(22)37-24(3)40-42(25(37)4)27-9-8-10-28(20-27)43-29-13-14-32-31-11-6-7-12-33(31)41(34(32)21-29)35-19-26(38)15-16-39-35/h6-21H,1-5H3. The summed E-state index contributed by atoms with van der Waals surface area (Å²) >= 11 is 1.76. The number of rotatable bonds is 6. The minimum Gasteiger partial charge on any atom is -0.457 e. The van der Waals surface area contributed by atoms with E-state index < -0.39 is 0 Å². The number of benzene rings is 4. The van der Waals surface area contributed by atoms with Crippen molar-refractivity contribution in [2.75, 3.05) is 6.26 Å². The number of fused-ring (bicyclic) bond motifs is 3. The second-order valence-electron chi connectivity index (χ2n) is 11.1. The van der Waals surface area contributed by atoms with Gasteiger partial charge >= 0.3 is 0 Å². The molecular weight excluding hydrogens is 567 g/mol. The molecule has 3 heterocycles. The second-order valence-corrected chi connectivity index (χ2v) is 11.9. The molecule has 3 aromatic heterocycles. The Kier molecular flexibility index (Phi) is 6.98. The van der Waals surface area contributed by atoms with Gasteiger partial charge in [-0.2, -0.15) is 5.10 Å². The van der Waals surface area contributed by atoms with Crippen LogP contribution in [0, 0.1) is 33.5 Å². The lowest BCUT2D eigenvalue weighted by atomic mass is 9.94. The van der Waals surface area contributed by atoms with E-state index in [2.05, 4.69) is 57.1 Å². The van der Waals surface area contributed by atoms with E-state index in [1.807, 2.05) is 69.9 Å². The Morgan fingerprint density at radius 3 is 2.25 bits per heavy atom. The molecule has 4 aromatic carbocycles. The van der Waals surface area contributed by atoms with Gasteiger partial charge in [-0.3, -0.25) is 4.57 Å². The third kappa shape index (κ3) is 4.74. The predicted octanol–water partition coefficient (Wildman–Crippen LogP) is 9.92. The zero-order chi connectivity index (χ0) is 30.5. The van der Waals surface area contributed by atoms with Crippen LogP contribution in [-0.2, 0) is 0 Å². The Morgan fingerprint density at radius 1 is 0.727 bits per heavy atom. The molecule has 218 valence electrons. The number of thioether (sulfide) groups is 1. The largest absolute Gasteiger partial charge is 0.457 e. The van der Waals surface area contributed by atoms with Gasteiger partial charge < -0.3 is 4.74 Å². The van der Waals surface area contributed by atoms with Crippen LogP contribution in [0.3, 0.4) is 0 Å². The highest BCUT2D eigenvalue weighted by molar-refractivity contribution is 7.98. The minimum absolute atomic E-state index is 0.334. The number of aryl methyl sites for hydroxylation is 3. The fraction of sp³-hybridized carbons (Fsp3) is 0.135. The van der Waals surface area contributed by atoms with Crippen molar-refractivity contribution in [2.45, 2.75) is 32.6 Å². The molecule has 0 aliphatic rings. The maximum Gasteiger partial charge on any atom is 0.140 e. The van der Waals surface area contributed by atoms with Crippen LogP contribution in [0.5, 0.6) is 11.5 Å².